The van der Waals surface area contributed by atoms with Crippen LogP contribution in [0.15, 0.2) is 59.1 Å². The molecule has 0 bridgehead atoms. The Labute approximate surface area is 222 Å². The molecule has 1 heterocycles. The number of anilines is 2. The fourth-order valence-electron chi connectivity index (χ4n) is 4.13. The highest BCUT2D eigenvalue weighted by atomic mass is 79.9. The van der Waals surface area contributed by atoms with Gasteiger partial charge in [0.05, 0.1) is 23.4 Å². The average Bonchev–Trinajstić information content (AvgIpc) is 2.84. The Hall–Kier alpha value is -2.74. The van der Waals surface area contributed by atoms with Crippen molar-refractivity contribution >= 4 is 62.3 Å². The Morgan fingerprint density at radius 2 is 1.66 bits per heavy atom. The van der Waals surface area contributed by atoms with Gasteiger partial charge in [0.2, 0.25) is 0 Å². The molecule has 1 fully saturated rings. The molecule has 0 aromatic heterocycles. The molecule has 1 saturated heterocycles. The van der Waals surface area contributed by atoms with E-state index < -0.39 is 0 Å². The van der Waals surface area contributed by atoms with E-state index in [1.165, 1.54) is 0 Å². The molecule has 6 nitrogen and oxygen atoms in total. The fraction of sp³-hybridized carbons (Fsp3) is 0.231. The summed E-state index contributed by atoms with van der Waals surface area (Å²) in [4.78, 5) is 29.6. The topological polar surface area (TPSA) is 61.9 Å². The number of hydrogen-bond acceptors (Lipinski definition) is 4. The lowest BCUT2D eigenvalue weighted by Crippen LogP contribution is -2.48. The molecule has 1 aliphatic heterocycles. The van der Waals surface area contributed by atoms with E-state index in [1.807, 2.05) is 30.0 Å². The first-order valence-corrected chi connectivity index (χ1v) is 12.6. The minimum atomic E-state index is -0.288. The number of nitrogens with zero attached hydrogens (tertiary/aromatic N) is 2. The smallest absolute Gasteiger partial charge is 0.259 e. The zero-order valence-corrected chi connectivity index (χ0v) is 22.4. The van der Waals surface area contributed by atoms with Gasteiger partial charge in [-0.15, -0.1) is 0 Å². The molecule has 2 amide bonds. The molecule has 0 atom stereocenters. The standard InChI is InChI=1S/C26H24BrCl2N3O3/c1-16-13-18(27)14-21(24(16)35-2)25(33)30-20-7-8-23(22(29)15-20)31-9-11-32(12-10-31)26(34)17-3-5-19(28)6-4-17/h3-8,13-15H,9-12H2,1-2H3,(H,30,33). The summed E-state index contributed by atoms with van der Waals surface area (Å²) in [7, 11) is 1.54. The van der Waals surface area contributed by atoms with Crippen LogP contribution < -0.4 is 15.0 Å². The molecule has 4 rings (SSSR count). The van der Waals surface area contributed by atoms with E-state index in [9.17, 15) is 9.59 Å². The van der Waals surface area contributed by atoms with Crippen molar-refractivity contribution in [3.63, 3.8) is 0 Å². The van der Waals surface area contributed by atoms with Crippen molar-refractivity contribution in [2.75, 3.05) is 43.5 Å². The number of rotatable bonds is 5. The van der Waals surface area contributed by atoms with E-state index in [-0.39, 0.29) is 11.8 Å². The monoisotopic (exact) mass is 575 g/mol. The Balaban J connectivity index is 1.41. The van der Waals surface area contributed by atoms with E-state index in [0.29, 0.717) is 58.8 Å². The second kappa shape index (κ2) is 10.9. The van der Waals surface area contributed by atoms with Crippen LogP contribution in [-0.4, -0.2) is 50.0 Å². The second-order valence-corrected chi connectivity index (χ2v) is 9.97. The number of halogens is 3. The van der Waals surface area contributed by atoms with Crippen LogP contribution in [0.25, 0.3) is 0 Å². The number of ether oxygens (including phenoxy) is 1. The zero-order chi connectivity index (χ0) is 25.1. The summed E-state index contributed by atoms with van der Waals surface area (Å²) in [5, 5.41) is 4.03. The van der Waals surface area contributed by atoms with Crippen molar-refractivity contribution in [1.29, 1.82) is 0 Å². The third-order valence-electron chi connectivity index (χ3n) is 5.89. The Kier molecular flexibility index (Phi) is 7.89. The van der Waals surface area contributed by atoms with Gasteiger partial charge >= 0.3 is 0 Å². The number of nitrogens with one attached hydrogen (secondary N) is 1. The lowest BCUT2D eigenvalue weighted by atomic mass is 10.1. The van der Waals surface area contributed by atoms with Gasteiger partial charge in [-0.25, -0.2) is 0 Å². The molecule has 1 N–H and O–H groups in total. The van der Waals surface area contributed by atoms with E-state index in [2.05, 4.69) is 26.1 Å². The SMILES string of the molecule is COc1c(C)cc(Br)cc1C(=O)Nc1ccc(N2CCN(C(=O)c3ccc(Cl)cc3)CC2)c(Cl)c1. The van der Waals surface area contributed by atoms with Crippen LogP contribution >= 0.6 is 39.1 Å². The number of benzene rings is 3. The van der Waals surface area contributed by atoms with Crippen LogP contribution in [0.4, 0.5) is 11.4 Å². The maximum absolute atomic E-state index is 12.9. The van der Waals surface area contributed by atoms with Crippen molar-refractivity contribution in [2.45, 2.75) is 6.92 Å². The molecule has 0 unspecified atom stereocenters. The summed E-state index contributed by atoms with van der Waals surface area (Å²) in [6.07, 6.45) is 0. The highest BCUT2D eigenvalue weighted by Crippen LogP contribution is 2.32. The molecule has 0 radical (unpaired) electrons. The van der Waals surface area contributed by atoms with Gasteiger partial charge in [0.15, 0.2) is 0 Å². The van der Waals surface area contributed by atoms with Crippen LogP contribution in [0.1, 0.15) is 26.3 Å². The van der Waals surface area contributed by atoms with Gasteiger partial charge in [-0.1, -0.05) is 39.1 Å². The molecular weight excluding hydrogens is 553 g/mol. The van der Waals surface area contributed by atoms with Gasteiger partial charge < -0.3 is 19.9 Å². The summed E-state index contributed by atoms with van der Waals surface area (Å²) in [6.45, 7) is 4.35. The van der Waals surface area contributed by atoms with Gasteiger partial charge in [0.1, 0.15) is 5.75 Å². The van der Waals surface area contributed by atoms with Gasteiger partial charge in [-0.3, -0.25) is 9.59 Å². The normalized spacial score (nSPS) is 13.5. The third-order valence-corrected chi connectivity index (χ3v) is 6.90. The number of carbonyl (C=O) groups excluding carboxylic acids is 2. The van der Waals surface area contributed by atoms with Gasteiger partial charge in [-0.2, -0.15) is 0 Å². The first-order valence-electron chi connectivity index (χ1n) is 11.0. The molecule has 0 saturated carbocycles. The Morgan fingerprint density at radius 1 is 0.971 bits per heavy atom. The van der Waals surface area contributed by atoms with Gasteiger partial charge in [-0.05, 0) is 67.1 Å². The molecule has 0 spiro atoms. The minimum Gasteiger partial charge on any atom is -0.496 e. The number of carbonyl (C=O) groups is 2. The molecule has 1 aliphatic rings. The summed E-state index contributed by atoms with van der Waals surface area (Å²) < 4.78 is 6.22. The molecule has 35 heavy (non-hydrogen) atoms. The lowest BCUT2D eigenvalue weighted by Gasteiger charge is -2.36. The molecule has 3 aromatic rings. The van der Waals surface area contributed by atoms with E-state index >= 15 is 0 Å². The highest BCUT2D eigenvalue weighted by molar-refractivity contribution is 9.10. The number of amides is 2. The van der Waals surface area contributed by atoms with E-state index in [4.69, 9.17) is 27.9 Å². The molecule has 3 aromatic carbocycles. The van der Waals surface area contributed by atoms with E-state index in [1.54, 1.807) is 43.5 Å². The van der Waals surface area contributed by atoms with Crippen molar-refractivity contribution in [3.05, 3.63) is 85.8 Å². The maximum Gasteiger partial charge on any atom is 0.259 e. The quantitative estimate of drug-likeness (QED) is 0.388. The molecule has 182 valence electrons. The summed E-state index contributed by atoms with van der Waals surface area (Å²) in [6, 6.07) is 16.0. The van der Waals surface area contributed by atoms with Crippen molar-refractivity contribution in [2.24, 2.45) is 0 Å². The maximum atomic E-state index is 12.9. The predicted molar refractivity (Wildman–Crippen MR) is 144 cm³/mol. The minimum absolute atomic E-state index is 0.0105. The van der Waals surface area contributed by atoms with Crippen LogP contribution in [0.2, 0.25) is 10.0 Å². The molecule has 0 aliphatic carbocycles. The number of aryl methyl sites for hydroxylation is 1. The Bertz CT molecular complexity index is 1260. The third kappa shape index (κ3) is 5.74. The Morgan fingerprint density at radius 3 is 2.29 bits per heavy atom. The molecular formula is C26H24BrCl2N3O3. The number of methoxy groups -OCH3 is 1. The second-order valence-electron chi connectivity index (χ2n) is 8.21. The van der Waals surface area contributed by atoms with Crippen molar-refractivity contribution < 1.29 is 14.3 Å². The zero-order valence-electron chi connectivity index (χ0n) is 19.3. The van der Waals surface area contributed by atoms with Crippen LogP contribution in [0, 0.1) is 6.92 Å². The summed E-state index contributed by atoms with van der Waals surface area (Å²) in [5.74, 6) is 0.229. The van der Waals surface area contributed by atoms with Crippen LogP contribution in [-0.2, 0) is 0 Å². The number of hydrogen-bond donors (Lipinski definition) is 1. The first kappa shape index (κ1) is 25.4. The predicted octanol–water partition coefficient (Wildman–Crippen LogP) is 6.29. The highest BCUT2D eigenvalue weighted by Gasteiger charge is 2.24. The average molecular weight is 577 g/mol. The van der Waals surface area contributed by atoms with Crippen LogP contribution in [0.3, 0.4) is 0 Å². The largest absolute Gasteiger partial charge is 0.496 e. The molecule has 9 heteroatoms. The van der Waals surface area contributed by atoms with Gasteiger partial charge in [0.25, 0.3) is 11.8 Å². The van der Waals surface area contributed by atoms with Gasteiger partial charge in [0, 0.05) is 46.9 Å². The lowest BCUT2D eigenvalue weighted by molar-refractivity contribution is 0.0746. The first-order chi connectivity index (χ1) is 16.8. The van der Waals surface area contributed by atoms with E-state index in [0.717, 1.165) is 15.7 Å². The number of piperazine rings is 1. The van der Waals surface area contributed by atoms with Crippen LogP contribution in [0.5, 0.6) is 5.75 Å². The fourth-order valence-corrected chi connectivity index (χ4v) is 5.13. The summed E-state index contributed by atoms with van der Waals surface area (Å²) in [5.41, 5.74) is 3.35. The van der Waals surface area contributed by atoms with Crippen molar-refractivity contribution in [1.82, 2.24) is 4.90 Å². The van der Waals surface area contributed by atoms with Crippen molar-refractivity contribution in [3.8, 4) is 5.75 Å². The summed E-state index contributed by atoms with van der Waals surface area (Å²) >= 11 is 16.0.